The van der Waals surface area contributed by atoms with E-state index in [-0.39, 0.29) is 23.4 Å². The van der Waals surface area contributed by atoms with E-state index in [9.17, 15) is 13.2 Å². The van der Waals surface area contributed by atoms with Crippen LogP contribution in [0.25, 0.3) is 0 Å². The molecule has 2 aromatic rings. The monoisotopic (exact) mass is 282 g/mol. The maximum atomic E-state index is 13.4. The van der Waals surface area contributed by atoms with Crippen molar-refractivity contribution in [2.45, 2.75) is 6.61 Å². The third kappa shape index (κ3) is 3.12. The SMILES string of the molecule is OB(O)c1cc(F)ccc1OCc1cccc(F)c1F. The normalized spacial score (nSPS) is 10.4. The Morgan fingerprint density at radius 1 is 1.05 bits per heavy atom. The van der Waals surface area contributed by atoms with Gasteiger partial charge in [-0.3, -0.25) is 0 Å². The van der Waals surface area contributed by atoms with Gasteiger partial charge < -0.3 is 14.8 Å². The predicted molar refractivity (Wildman–Crippen MR) is 66.9 cm³/mol. The third-order valence-electron chi connectivity index (χ3n) is 2.66. The Morgan fingerprint density at radius 2 is 1.80 bits per heavy atom. The molecule has 20 heavy (non-hydrogen) atoms. The molecule has 0 atom stereocenters. The van der Waals surface area contributed by atoms with Crippen molar-refractivity contribution in [3.8, 4) is 5.75 Å². The Morgan fingerprint density at radius 3 is 2.50 bits per heavy atom. The van der Waals surface area contributed by atoms with E-state index in [4.69, 9.17) is 14.8 Å². The molecule has 0 saturated heterocycles. The maximum absolute atomic E-state index is 13.4. The standard InChI is InChI=1S/C13H10BF3O3/c15-9-4-5-12(10(6-9)14(18)19)20-7-8-2-1-3-11(16)13(8)17/h1-6,18-19H,7H2. The van der Waals surface area contributed by atoms with Crippen LogP contribution in [-0.4, -0.2) is 17.2 Å². The summed E-state index contributed by atoms with van der Waals surface area (Å²) in [5.74, 6) is -2.74. The number of rotatable bonds is 4. The second-order valence-corrected chi connectivity index (χ2v) is 4.06. The Labute approximate surface area is 113 Å². The van der Waals surface area contributed by atoms with Crippen LogP contribution in [0.4, 0.5) is 13.2 Å². The van der Waals surface area contributed by atoms with Crippen molar-refractivity contribution < 1.29 is 28.0 Å². The van der Waals surface area contributed by atoms with Crippen LogP contribution in [0.1, 0.15) is 5.56 Å². The summed E-state index contributed by atoms with van der Waals surface area (Å²) >= 11 is 0. The highest BCUT2D eigenvalue weighted by Gasteiger charge is 2.18. The molecule has 2 aromatic carbocycles. The highest BCUT2D eigenvalue weighted by atomic mass is 19.2. The molecule has 7 heteroatoms. The van der Waals surface area contributed by atoms with Crippen molar-refractivity contribution >= 4 is 12.6 Å². The molecule has 0 radical (unpaired) electrons. The molecule has 2 N–H and O–H groups in total. The molecule has 104 valence electrons. The average molecular weight is 282 g/mol. The van der Waals surface area contributed by atoms with E-state index in [1.165, 1.54) is 18.2 Å². The van der Waals surface area contributed by atoms with E-state index in [2.05, 4.69) is 0 Å². The minimum Gasteiger partial charge on any atom is -0.489 e. The molecule has 0 spiro atoms. The van der Waals surface area contributed by atoms with Crippen molar-refractivity contribution in [3.05, 3.63) is 59.4 Å². The van der Waals surface area contributed by atoms with Crippen LogP contribution >= 0.6 is 0 Å². The Bertz CT molecular complexity index is 620. The lowest BCUT2D eigenvalue weighted by atomic mass is 9.79. The second kappa shape index (κ2) is 5.98. The Kier molecular flexibility index (Phi) is 4.31. The fourth-order valence-electron chi connectivity index (χ4n) is 1.67. The molecule has 0 aliphatic rings. The van der Waals surface area contributed by atoms with Crippen LogP contribution in [0.15, 0.2) is 36.4 Å². The van der Waals surface area contributed by atoms with E-state index in [0.29, 0.717) is 0 Å². The van der Waals surface area contributed by atoms with Gasteiger partial charge in [-0.05, 0) is 24.3 Å². The van der Waals surface area contributed by atoms with Gasteiger partial charge in [0.05, 0.1) is 0 Å². The average Bonchev–Trinajstić information content (AvgIpc) is 2.41. The first-order chi connectivity index (χ1) is 9.49. The van der Waals surface area contributed by atoms with Crippen LogP contribution in [0.3, 0.4) is 0 Å². The zero-order valence-corrected chi connectivity index (χ0v) is 10.2. The molecule has 3 nitrogen and oxygen atoms in total. The van der Waals surface area contributed by atoms with Crippen LogP contribution in [0, 0.1) is 17.5 Å². The van der Waals surface area contributed by atoms with Gasteiger partial charge in [0, 0.05) is 11.0 Å². The van der Waals surface area contributed by atoms with E-state index in [1.807, 2.05) is 0 Å². The lowest BCUT2D eigenvalue weighted by Gasteiger charge is -2.11. The summed E-state index contributed by atoms with van der Waals surface area (Å²) in [5, 5.41) is 18.2. The summed E-state index contributed by atoms with van der Waals surface area (Å²) in [6.07, 6.45) is 0. The molecular formula is C13H10BF3O3. The zero-order valence-electron chi connectivity index (χ0n) is 10.2. The molecule has 0 aliphatic carbocycles. The van der Waals surface area contributed by atoms with Crippen molar-refractivity contribution in [1.82, 2.24) is 0 Å². The smallest absolute Gasteiger partial charge is 0.489 e. The van der Waals surface area contributed by atoms with Gasteiger partial charge in [-0.15, -0.1) is 0 Å². The lowest BCUT2D eigenvalue weighted by molar-refractivity contribution is 0.297. The molecule has 0 aliphatic heterocycles. The van der Waals surface area contributed by atoms with E-state index in [0.717, 1.165) is 18.2 Å². The predicted octanol–water partition coefficient (Wildman–Crippen LogP) is 1.36. The first kappa shape index (κ1) is 14.4. The molecule has 0 fully saturated rings. The van der Waals surface area contributed by atoms with E-state index < -0.39 is 24.6 Å². The highest BCUT2D eigenvalue weighted by molar-refractivity contribution is 6.59. The van der Waals surface area contributed by atoms with Crippen molar-refractivity contribution in [1.29, 1.82) is 0 Å². The van der Waals surface area contributed by atoms with Crippen LogP contribution < -0.4 is 10.2 Å². The largest absolute Gasteiger partial charge is 0.492 e. The minimum atomic E-state index is -1.93. The molecular weight excluding hydrogens is 272 g/mol. The summed E-state index contributed by atoms with van der Waals surface area (Å²) in [6.45, 7) is -0.324. The molecule has 0 heterocycles. The molecule has 2 rings (SSSR count). The minimum absolute atomic E-state index is 0.0231. The summed E-state index contributed by atoms with van der Waals surface area (Å²) in [5.41, 5.74) is -0.227. The number of halogens is 3. The molecule has 0 unspecified atom stereocenters. The van der Waals surface area contributed by atoms with Crippen LogP contribution in [0.5, 0.6) is 5.75 Å². The van der Waals surface area contributed by atoms with Gasteiger partial charge in [-0.1, -0.05) is 12.1 Å². The van der Waals surface area contributed by atoms with Crippen molar-refractivity contribution in [2.24, 2.45) is 0 Å². The molecule has 0 amide bonds. The van der Waals surface area contributed by atoms with E-state index >= 15 is 0 Å². The Balaban J connectivity index is 2.21. The number of hydrogen-bond donors (Lipinski definition) is 2. The van der Waals surface area contributed by atoms with Gasteiger partial charge in [0.2, 0.25) is 0 Å². The van der Waals surface area contributed by atoms with Crippen molar-refractivity contribution in [2.75, 3.05) is 0 Å². The Hall–Kier alpha value is -1.99. The molecule has 0 bridgehead atoms. The van der Waals surface area contributed by atoms with Gasteiger partial charge in [0.15, 0.2) is 11.6 Å². The van der Waals surface area contributed by atoms with Gasteiger partial charge in [-0.25, -0.2) is 13.2 Å². The zero-order chi connectivity index (χ0) is 14.7. The second-order valence-electron chi connectivity index (χ2n) is 4.06. The maximum Gasteiger partial charge on any atom is 0.492 e. The van der Waals surface area contributed by atoms with E-state index in [1.54, 1.807) is 0 Å². The number of ether oxygens (including phenoxy) is 1. The molecule has 0 saturated carbocycles. The quantitative estimate of drug-likeness (QED) is 0.832. The summed E-state index contributed by atoms with van der Waals surface area (Å²) in [6, 6.07) is 6.76. The first-order valence-corrected chi connectivity index (χ1v) is 5.70. The fraction of sp³-hybridized carbons (Fsp3) is 0.0769. The summed E-state index contributed by atoms with van der Waals surface area (Å²) in [7, 11) is -1.93. The van der Waals surface area contributed by atoms with Gasteiger partial charge >= 0.3 is 7.12 Å². The topological polar surface area (TPSA) is 49.7 Å². The lowest BCUT2D eigenvalue weighted by Crippen LogP contribution is -2.31. The third-order valence-corrected chi connectivity index (χ3v) is 2.66. The van der Waals surface area contributed by atoms with Crippen LogP contribution in [-0.2, 0) is 6.61 Å². The first-order valence-electron chi connectivity index (χ1n) is 5.70. The molecule has 0 aromatic heterocycles. The van der Waals surface area contributed by atoms with Crippen LogP contribution in [0.2, 0.25) is 0 Å². The van der Waals surface area contributed by atoms with Crippen molar-refractivity contribution in [3.63, 3.8) is 0 Å². The van der Waals surface area contributed by atoms with Gasteiger partial charge in [0.1, 0.15) is 18.2 Å². The van der Waals surface area contributed by atoms with Gasteiger partial charge in [0.25, 0.3) is 0 Å². The number of benzene rings is 2. The van der Waals surface area contributed by atoms with Gasteiger partial charge in [-0.2, -0.15) is 0 Å². The summed E-state index contributed by atoms with van der Waals surface area (Å²) < 4.78 is 44.6. The highest BCUT2D eigenvalue weighted by Crippen LogP contribution is 2.16. The fourth-order valence-corrected chi connectivity index (χ4v) is 1.67. The summed E-state index contributed by atoms with van der Waals surface area (Å²) in [4.78, 5) is 0. The number of hydrogen-bond acceptors (Lipinski definition) is 3.